The minimum Gasteiger partial charge on any atom is -0.333 e. The predicted octanol–water partition coefficient (Wildman–Crippen LogP) is 2.99. The van der Waals surface area contributed by atoms with E-state index in [4.69, 9.17) is 11.6 Å². The number of carbonyl (C=O) groups is 1. The van der Waals surface area contributed by atoms with E-state index in [0.717, 1.165) is 5.56 Å². The van der Waals surface area contributed by atoms with Gasteiger partial charge in [-0.15, -0.1) is 5.10 Å². The standard InChI is InChI=1S/C22H22ClN5O3S/c1-17-24-21(25-28(17)20-10-6-5-9-19(20)23)22(29)26-12-14-27(15-13-26)32(30,31)16-11-18-7-3-2-4-8-18/h2-11,16H,12-15H2,1H3/b16-11+. The molecule has 4 rings (SSSR count). The van der Waals surface area contributed by atoms with Crippen LogP contribution in [-0.4, -0.2) is 64.5 Å². The van der Waals surface area contributed by atoms with Crippen LogP contribution in [-0.2, 0) is 10.0 Å². The molecule has 1 saturated heterocycles. The average Bonchev–Trinajstić information content (AvgIpc) is 3.20. The van der Waals surface area contributed by atoms with Crippen molar-refractivity contribution in [2.75, 3.05) is 26.2 Å². The minimum atomic E-state index is -3.57. The molecule has 3 aromatic rings. The number of amides is 1. The zero-order chi connectivity index (χ0) is 22.7. The highest BCUT2D eigenvalue weighted by Crippen LogP contribution is 2.21. The molecule has 1 aromatic heterocycles. The van der Waals surface area contributed by atoms with Crippen molar-refractivity contribution in [2.45, 2.75) is 6.92 Å². The topological polar surface area (TPSA) is 88.4 Å². The summed E-state index contributed by atoms with van der Waals surface area (Å²) in [6.07, 6.45) is 1.57. The third-order valence-electron chi connectivity index (χ3n) is 5.16. The number of halogens is 1. The third-order valence-corrected chi connectivity index (χ3v) is 7.04. The first-order valence-electron chi connectivity index (χ1n) is 10.1. The van der Waals surface area contributed by atoms with E-state index in [1.165, 1.54) is 14.4 Å². The Morgan fingerprint density at radius 2 is 1.66 bits per heavy atom. The lowest BCUT2D eigenvalue weighted by Gasteiger charge is -2.32. The number of hydrogen-bond donors (Lipinski definition) is 0. The second kappa shape index (κ2) is 9.23. The maximum atomic E-state index is 12.9. The number of hydrogen-bond acceptors (Lipinski definition) is 5. The molecule has 0 spiro atoms. The largest absolute Gasteiger partial charge is 0.333 e. The SMILES string of the molecule is Cc1nc(C(=O)N2CCN(S(=O)(=O)/C=C/c3ccccc3)CC2)nn1-c1ccccc1Cl. The lowest BCUT2D eigenvalue weighted by Crippen LogP contribution is -2.50. The molecule has 2 aromatic carbocycles. The van der Waals surface area contributed by atoms with Gasteiger partial charge in [-0.05, 0) is 30.7 Å². The van der Waals surface area contributed by atoms with Crippen molar-refractivity contribution in [2.24, 2.45) is 0 Å². The van der Waals surface area contributed by atoms with Crippen LogP contribution in [0.4, 0.5) is 0 Å². The second-order valence-corrected chi connectivity index (χ2v) is 9.52. The Kier molecular flexibility index (Phi) is 6.40. The predicted molar refractivity (Wildman–Crippen MR) is 123 cm³/mol. The lowest BCUT2D eigenvalue weighted by atomic mass is 10.2. The van der Waals surface area contributed by atoms with Crippen LogP contribution in [0.1, 0.15) is 22.0 Å². The number of carbonyl (C=O) groups excluding carboxylic acids is 1. The van der Waals surface area contributed by atoms with Gasteiger partial charge < -0.3 is 4.90 Å². The number of nitrogens with zero attached hydrogens (tertiary/aromatic N) is 5. The van der Waals surface area contributed by atoms with Crippen LogP contribution >= 0.6 is 11.6 Å². The minimum absolute atomic E-state index is 0.0581. The van der Waals surface area contributed by atoms with E-state index in [9.17, 15) is 13.2 Å². The van der Waals surface area contributed by atoms with Crippen molar-refractivity contribution in [3.63, 3.8) is 0 Å². The number of rotatable bonds is 5. The summed E-state index contributed by atoms with van der Waals surface area (Å²) in [4.78, 5) is 18.8. The van der Waals surface area contributed by atoms with Crippen LogP contribution in [0.3, 0.4) is 0 Å². The summed E-state index contributed by atoms with van der Waals surface area (Å²) < 4.78 is 28.2. The molecule has 0 atom stereocenters. The molecule has 32 heavy (non-hydrogen) atoms. The monoisotopic (exact) mass is 471 g/mol. The molecule has 0 N–H and O–H groups in total. The Morgan fingerprint density at radius 1 is 1.00 bits per heavy atom. The Hall–Kier alpha value is -3.01. The van der Waals surface area contributed by atoms with Gasteiger partial charge in [0.25, 0.3) is 5.91 Å². The highest BCUT2D eigenvalue weighted by atomic mass is 35.5. The maximum Gasteiger partial charge on any atom is 0.293 e. The molecule has 0 radical (unpaired) electrons. The molecule has 1 aliphatic rings. The molecule has 8 nitrogen and oxygen atoms in total. The van der Waals surface area contributed by atoms with Gasteiger partial charge in [0.1, 0.15) is 5.82 Å². The Labute approximate surface area is 191 Å². The Balaban J connectivity index is 1.42. The highest BCUT2D eigenvalue weighted by Gasteiger charge is 2.30. The smallest absolute Gasteiger partial charge is 0.293 e. The third kappa shape index (κ3) is 4.74. The number of para-hydroxylation sites is 1. The van der Waals surface area contributed by atoms with Crippen LogP contribution < -0.4 is 0 Å². The van der Waals surface area contributed by atoms with Gasteiger partial charge in [-0.3, -0.25) is 4.79 Å². The van der Waals surface area contributed by atoms with E-state index in [0.29, 0.717) is 16.5 Å². The van der Waals surface area contributed by atoms with Crippen molar-refractivity contribution in [1.82, 2.24) is 24.0 Å². The summed E-state index contributed by atoms with van der Waals surface area (Å²) in [6.45, 7) is 2.68. The molecule has 10 heteroatoms. The molecule has 0 saturated carbocycles. The fourth-order valence-electron chi connectivity index (χ4n) is 3.43. The van der Waals surface area contributed by atoms with E-state index in [2.05, 4.69) is 10.1 Å². The van der Waals surface area contributed by atoms with E-state index in [1.54, 1.807) is 30.0 Å². The van der Waals surface area contributed by atoms with Gasteiger partial charge >= 0.3 is 0 Å². The van der Waals surface area contributed by atoms with Gasteiger partial charge in [-0.2, -0.15) is 4.31 Å². The molecule has 0 aliphatic carbocycles. The maximum absolute atomic E-state index is 12.9. The number of aromatic nitrogens is 3. The number of piperazine rings is 1. The van der Waals surface area contributed by atoms with E-state index in [-0.39, 0.29) is 37.9 Å². The summed E-state index contributed by atoms with van der Waals surface area (Å²) in [7, 11) is -3.57. The first-order chi connectivity index (χ1) is 15.3. The molecular formula is C22H22ClN5O3S. The molecule has 1 aliphatic heterocycles. The van der Waals surface area contributed by atoms with Crippen molar-refractivity contribution < 1.29 is 13.2 Å². The molecule has 0 bridgehead atoms. The van der Waals surface area contributed by atoms with E-state index < -0.39 is 10.0 Å². The summed E-state index contributed by atoms with van der Waals surface area (Å²) in [5, 5.41) is 6.04. The highest BCUT2D eigenvalue weighted by molar-refractivity contribution is 7.92. The molecule has 1 fully saturated rings. The fourth-order valence-corrected chi connectivity index (χ4v) is 4.82. The number of benzene rings is 2. The fraction of sp³-hybridized carbons (Fsp3) is 0.227. The van der Waals surface area contributed by atoms with Crippen molar-refractivity contribution in [3.8, 4) is 5.69 Å². The summed E-state index contributed by atoms with van der Waals surface area (Å²) in [6, 6.07) is 16.4. The lowest BCUT2D eigenvalue weighted by molar-refractivity contribution is 0.0686. The van der Waals surface area contributed by atoms with Gasteiger partial charge in [-0.25, -0.2) is 18.1 Å². The zero-order valence-corrected chi connectivity index (χ0v) is 19.0. The van der Waals surface area contributed by atoms with E-state index >= 15 is 0 Å². The van der Waals surface area contributed by atoms with Crippen molar-refractivity contribution in [3.05, 3.63) is 82.2 Å². The molecule has 166 valence electrons. The molecule has 2 heterocycles. The van der Waals surface area contributed by atoms with Gasteiger partial charge in [-0.1, -0.05) is 54.1 Å². The van der Waals surface area contributed by atoms with E-state index in [1.807, 2.05) is 42.5 Å². The first kappa shape index (κ1) is 22.2. The van der Waals surface area contributed by atoms with Gasteiger partial charge in [0.2, 0.25) is 15.8 Å². The van der Waals surface area contributed by atoms with Crippen LogP contribution in [0.15, 0.2) is 60.0 Å². The van der Waals surface area contributed by atoms with Crippen molar-refractivity contribution in [1.29, 1.82) is 0 Å². The van der Waals surface area contributed by atoms with Gasteiger partial charge in [0, 0.05) is 31.6 Å². The molecule has 0 unspecified atom stereocenters. The normalized spacial score (nSPS) is 15.4. The Morgan fingerprint density at radius 3 is 2.34 bits per heavy atom. The Bertz CT molecular complexity index is 1250. The van der Waals surface area contributed by atoms with Gasteiger partial charge in [0.15, 0.2) is 0 Å². The molecular weight excluding hydrogens is 450 g/mol. The van der Waals surface area contributed by atoms with Crippen LogP contribution in [0.5, 0.6) is 0 Å². The average molecular weight is 472 g/mol. The van der Waals surface area contributed by atoms with Crippen LogP contribution in [0.2, 0.25) is 5.02 Å². The quantitative estimate of drug-likeness (QED) is 0.570. The van der Waals surface area contributed by atoms with Crippen molar-refractivity contribution >= 4 is 33.6 Å². The second-order valence-electron chi connectivity index (χ2n) is 7.30. The number of sulfonamides is 1. The van der Waals surface area contributed by atoms with Gasteiger partial charge in [0.05, 0.1) is 10.7 Å². The summed E-state index contributed by atoms with van der Waals surface area (Å²) in [5.74, 6) is 0.257. The molecule has 1 amide bonds. The first-order valence-corrected chi connectivity index (χ1v) is 11.9. The van der Waals surface area contributed by atoms with Crippen LogP contribution in [0.25, 0.3) is 11.8 Å². The number of aryl methyl sites for hydroxylation is 1. The summed E-state index contributed by atoms with van der Waals surface area (Å²) >= 11 is 6.24. The van der Waals surface area contributed by atoms with Crippen LogP contribution in [0, 0.1) is 6.92 Å². The zero-order valence-electron chi connectivity index (χ0n) is 17.4. The summed E-state index contributed by atoms with van der Waals surface area (Å²) in [5.41, 5.74) is 1.44.